The maximum atomic E-state index is 13.4. The van der Waals surface area contributed by atoms with E-state index in [9.17, 15) is 14.7 Å². The van der Waals surface area contributed by atoms with Gasteiger partial charge in [0, 0.05) is 6.54 Å². The Hall–Kier alpha value is -2.34. The molecule has 4 bridgehead atoms. The van der Waals surface area contributed by atoms with Crippen LogP contribution in [0.3, 0.4) is 0 Å². The molecule has 6 nitrogen and oxygen atoms in total. The van der Waals surface area contributed by atoms with Crippen LogP contribution in [0.1, 0.15) is 63.4 Å². The molecule has 2 aromatic rings. The third-order valence-electron chi connectivity index (χ3n) is 8.01. The van der Waals surface area contributed by atoms with E-state index >= 15 is 0 Å². The molecule has 0 aliphatic heterocycles. The first-order valence-electron chi connectivity index (χ1n) is 11.6. The van der Waals surface area contributed by atoms with Crippen molar-refractivity contribution in [1.82, 2.24) is 9.78 Å². The highest BCUT2D eigenvalue weighted by Gasteiger charge is 2.59. The fourth-order valence-corrected chi connectivity index (χ4v) is 7.43. The minimum Gasteiger partial charge on any atom is -0.481 e. The summed E-state index contributed by atoms with van der Waals surface area (Å²) in [6.45, 7) is 2.77. The average Bonchev–Trinajstić information content (AvgIpc) is 2.73. The number of rotatable bonds is 7. The molecule has 4 aliphatic rings. The zero-order valence-electron chi connectivity index (χ0n) is 18.4. The average molecular weight is 456 g/mol. The molecule has 1 aromatic heterocycles. The van der Waals surface area contributed by atoms with Gasteiger partial charge in [0.05, 0.1) is 23.8 Å². The topological polar surface area (TPSA) is 84.2 Å². The third-order valence-corrected chi connectivity index (χ3v) is 8.38. The molecule has 6 rings (SSSR count). The zero-order chi connectivity index (χ0) is 22.5. The van der Waals surface area contributed by atoms with E-state index in [1.54, 1.807) is 10.9 Å². The van der Waals surface area contributed by atoms with Crippen molar-refractivity contribution in [3.05, 3.63) is 57.5 Å². The number of hydrogen-bond acceptors (Lipinski definition) is 4. The highest BCUT2D eigenvalue weighted by molar-refractivity contribution is 6.32. The number of aromatic nitrogens is 2. The summed E-state index contributed by atoms with van der Waals surface area (Å²) < 4.78 is 1.61. The molecule has 4 aliphatic carbocycles. The van der Waals surface area contributed by atoms with Crippen molar-refractivity contribution in [2.75, 3.05) is 11.9 Å². The van der Waals surface area contributed by atoms with Gasteiger partial charge in [-0.1, -0.05) is 48.9 Å². The molecule has 4 saturated carbocycles. The van der Waals surface area contributed by atoms with Crippen LogP contribution in [0.4, 0.5) is 5.69 Å². The molecule has 0 saturated heterocycles. The van der Waals surface area contributed by atoms with Crippen LogP contribution in [0.25, 0.3) is 0 Å². The number of nitrogens with one attached hydrogen (secondary N) is 1. The van der Waals surface area contributed by atoms with E-state index in [0.717, 1.165) is 32.1 Å². The Kier molecular flexibility index (Phi) is 5.31. The predicted molar refractivity (Wildman–Crippen MR) is 124 cm³/mol. The molecule has 170 valence electrons. The van der Waals surface area contributed by atoms with Gasteiger partial charge in [-0.25, -0.2) is 4.68 Å². The number of carbonyl (C=O) groups is 1. The van der Waals surface area contributed by atoms with Crippen molar-refractivity contribution in [1.29, 1.82) is 0 Å². The number of carboxylic acid groups (broad SMARTS) is 1. The molecular formula is C25H30ClN3O3. The van der Waals surface area contributed by atoms with Crippen LogP contribution in [0.2, 0.25) is 5.02 Å². The second-order valence-electron chi connectivity index (χ2n) is 10.5. The van der Waals surface area contributed by atoms with Gasteiger partial charge in [0.25, 0.3) is 5.56 Å². The zero-order valence-corrected chi connectivity index (χ0v) is 19.1. The van der Waals surface area contributed by atoms with Crippen molar-refractivity contribution in [2.45, 2.75) is 63.3 Å². The van der Waals surface area contributed by atoms with E-state index in [4.69, 9.17) is 11.6 Å². The molecule has 1 aromatic carbocycles. The Morgan fingerprint density at radius 1 is 1.25 bits per heavy atom. The van der Waals surface area contributed by atoms with E-state index in [1.165, 1.54) is 5.56 Å². The molecule has 0 radical (unpaired) electrons. The van der Waals surface area contributed by atoms with Gasteiger partial charge in [0.1, 0.15) is 5.02 Å². The summed E-state index contributed by atoms with van der Waals surface area (Å²) >= 11 is 6.56. The molecule has 7 heteroatoms. The first-order chi connectivity index (χ1) is 15.3. The van der Waals surface area contributed by atoms with Crippen molar-refractivity contribution in [2.24, 2.45) is 17.3 Å². The van der Waals surface area contributed by atoms with Crippen molar-refractivity contribution >= 4 is 23.3 Å². The van der Waals surface area contributed by atoms with Gasteiger partial charge >= 0.3 is 5.97 Å². The maximum Gasteiger partial charge on any atom is 0.303 e. The largest absolute Gasteiger partial charge is 0.481 e. The van der Waals surface area contributed by atoms with Gasteiger partial charge in [-0.2, -0.15) is 5.10 Å². The number of hydrogen-bond donors (Lipinski definition) is 2. The SMILES string of the molecule is C[C@@H](CNc1cnn(C23C[C@@H]4C[C@@H](CC(CC(=O)O)(C4)C2)C3)c(=O)c1Cl)c1ccccc1. The van der Waals surface area contributed by atoms with E-state index in [0.29, 0.717) is 30.5 Å². The Morgan fingerprint density at radius 3 is 2.59 bits per heavy atom. The number of halogens is 1. The lowest BCUT2D eigenvalue weighted by molar-refractivity contribution is -0.151. The summed E-state index contributed by atoms with van der Waals surface area (Å²) in [7, 11) is 0. The first kappa shape index (κ1) is 21.5. The summed E-state index contributed by atoms with van der Waals surface area (Å²) in [5.41, 5.74) is 0.883. The molecule has 2 N–H and O–H groups in total. The summed E-state index contributed by atoms with van der Waals surface area (Å²) in [5.74, 6) is 0.446. The fraction of sp³-hybridized carbons (Fsp3) is 0.560. The molecule has 32 heavy (non-hydrogen) atoms. The summed E-state index contributed by atoms with van der Waals surface area (Å²) in [6.07, 6.45) is 7.40. The Balaban J connectivity index is 1.40. The van der Waals surface area contributed by atoms with E-state index < -0.39 is 11.5 Å². The molecule has 5 atom stereocenters. The Bertz CT molecular complexity index is 1070. The lowest BCUT2D eigenvalue weighted by atomic mass is 9.46. The summed E-state index contributed by atoms with van der Waals surface area (Å²) in [6, 6.07) is 10.2. The molecule has 4 fully saturated rings. The van der Waals surface area contributed by atoms with E-state index in [1.807, 2.05) is 18.2 Å². The molecular weight excluding hydrogens is 426 g/mol. The molecule has 0 spiro atoms. The smallest absolute Gasteiger partial charge is 0.303 e. The second-order valence-corrected chi connectivity index (χ2v) is 10.9. The minimum absolute atomic E-state index is 0.170. The van der Waals surface area contributed by atoms with Crippen LogP contribution < -0.4 is 10.9 Å². The van der Waals surface area contributed by atoms with Crippen LogP contribution in [0, 0.1) is 17.3 Å². The number of benzene rings is 1. The molecule has 0 amide bonds. The summed E-state index contributed by atoms with van der Waals surface area (Å²) in [4.78, 5) is 25.0. The number of anilines is 1. The standard InChI is InChI=1S/C25H30ClN3O3/c1-16(19-5-3-2-4-6-19)13-27-20-14-28-29(23(32)22(20)26)25-10-17-7-18(11-25)9-24(8-17,15-25)12-21(30)31/h2-6,14,16-18,27H,7-13,15H2,1H3,(H,30,31)/t16-,17-,18+,24?,25?/m0/s1. The molecule has 1 heterocycles. The van der Waals surface area contributed by atoms with Crippen LogP contribution in [-0.2, 0) is 10.3 Å². The van der Waals surface area contributed by atoms with Crippen molar-refractivity contribution < 1.29 is 9.90 Å². The van der Waals surface area contributed by atoms with Gasteiger partial charge < -0.3 is 10.4 Å². The van der Waals surface area contributed by atoms with Crippen LogP contribution in [0.15, 0.2) is 41.3 Å². The lowest BCUT2D eigenvalue weighted by Crippen LogP contribution is -2.59. The van der Waals surface area contributed by atoms with Gasteiger partial charge in [-0.3, -0.25) is 9.59 Å². The van der Waals surface area contributed by atoms with Gasteiger partial charge in [-0.05, 0) is 67.3 Å². The van der Waals surface area contributed by atoms with Crippen LogP contribution in [0.5, 0.6) is 0 Å². The van der Waals surface area contributed by atoms with E-state index in [2.05, 4.69) is 29.5 Å². The number of nitrogens with zero attached hydrogens (tertiary/aromatic N) is 2. The summed E-state index contributed by atoms with van der Waals surface area (Å²) in [5, 5.41) is 17.6. The molecule has 2 unspecified atom stereocenters. The Morgan fingerprint density at radius 2 is 1.94 bits per heavy atom. The van der Waals surface area contributed by atoms with Gasteiger partial charge in [0.2, 0.25) is 0 Å². The van der Waals surface area contributed by atoms with Crippen LogP contribution in [-0.4, -0.2) is 27.4 Å². The normalized spacial score (nSPS) is 31.4. The van der Waals surface area contributed by atoms with Crippen molar-refractivity contribution in [3.63, 3.8) is 0 Å². The highest BCUT2D eigenvalue weighted by atomic mass is 35.5. The third kappa shape index (κ3) is 3.72. The highest BCUT2D eigenvalue weighted by Crippen LogP contribution is 2.65. The fourth-order valence-electron chi connectivity index (χ4n) is 7.23. The lowest BCUT2D eigenvalue weighted by Gasteiger charge is -2.61. The number of aliphatic carboxylic acids is 1. The quantitative estimate of drug-likeness (QED) is 0.621. The maximum absolute atomic E-state index is 13.4. The van der Waals surface area contributed by atoms with Gasteiger partial charge in [-0.15, -0.1) is 0 Å². The predicted octanol–water partition coefficient (Wildman–Crippen LogP) is 4.88. The second kappa shape index (κ2) is 7.91. The van der Waals surface area contributed by atoms with E-state index in [-0.39, 0.29) is 28.3 Å². The minimum atomic E-state index is -0.743. The number of carboxylic acids is 1. The van der Waals surface area contributed by atoms with Crippen molar-refractivity contribution in [3.8, 4) is 0 Å². The van der Waals surface area contributed by atoms with Crippen LogP contribution >= 0.6 is 11.6 Å². The first-order valence-corrected chi connectivity index (χ1v) is 12.0. The Labute approximate surface area is 193 Å². The van der Waals surface area contributed by atoms with Gasteiger partial charge in [0.15, 0.2) is 0 Å². The monoisotopic (exact) mass is 455 g/mol.